The molecule has 1 fully saturated rings. The molecule has 0 aliphatic carbocycles. The van der Waals surface area contributed by atoms with Gasteiger partial charge < -0.3 is 10.6 Å². The Bertz CT molecular complexity index is 684. The van der Waals surface area contributed by atoms with Crippen LogP contribution < -0.4 is 5.73 Å². The van der Waals surface area contributed by atoms with Crippen molar-refractivity contribution in [3.63, 3.8) is 0 Å². The smallest absolute Gasteiger partial charge is 0.230 e. The highest BCUT2D eigenvalue weighted by Crippen LogP contribution is 2.35. The molecule has 3 nitrogen and oxygen atoms in total. The fourth-order valence-corrected chi connectivity index (χ4v) is 4.04. The molecular weight excluding hydrogens is 308 g/mol. The molecule has 3 atom stereocenters. The molecule has 1 saturated heterocycles. The maximum absolute atomic E-state index is 13.3. The van der Waals surface area contributed by atoms with Gasteiger partial charge >= 0.3 is 0 Å². The lowest BCUT2D eigenvalue weighted by Crippen LogP contribution is -2.36. The van der Waals surface area contributed by atoms with Crippen molar-refractivity contribution in [3.05, 3.63) is 71.8 Å². The van der Waals surface area contributed by atoms with Crippen LogP contribution >= 0.6 is 0 Å². The van der Waals surface area contributed by atoms with Gasteiger partial charge in [0.2, 0.25) is 5.91 Å². The second-order valence-corrected chi connectivity index (χ2v) is 7.39. The number of carbonyl (C=O) groups is 1. The van der Waals surface area contributed by atoms with Gasteiger partial charge in [-0.1, -0.05) is 74.5 Å². The summed E-state index contributed by atoms with van der Waals surface area (Å²) < 4.78 is 0. The molecule has 0 aromatic heterocycles. The van der Waals surface area contributed by atoms with Crippen LogP contribution in [-0.4, -0.2) is 30.4 Å². The average Bonchev–Trinajstić information content (AvgIpc) is 3.07. The first-order valence-electron chi connectivity index (χ1n) is 9.20. The Labute approximate surface area is 150 Å². The number of benzene rings is 2. The molecule has 3 rings (SSSR count). The molecule has 0 bridgehead atoms. The molecule has 1 aliphatic heterocycles. The highest BCUT2D eigenvalue weighted by atomic mass is 16.2. The van der Waals surface area contributed by atoms with E-state index in [1.54, 1.807) is 0 Å². The second kappa shape index (κ2) is 7.83. The lowest BCUT2D eigenvalue weighted by molar-refractivity contribution is -0.133. The van der Waals surface area contributed by atoms with Gasteiger partial charge in [-0.25, -0.2) is 0 Å². The topological polar surface area (TPSA) is 46.3 Å². The zero-order chi connectivity index (χ0) is 17.8. The molecule has 1 heterocycles. The second-order valence-electron chi connectivity index (χ2n) is 7.39. The number of rotatable bonds is 5. The van der Waals surface area contributed by atoms with Crippen LogP contribution in [0.25, 0.3) is 0 Å². The van der Waals surface area contributed by atoms with Crippen LogP contribution in [0, 0.1) is 11.8 Å². The Hall–Kier alpha value is -2.13. The molecule has 3 heteroatoms. The van der Waals surface area contributed by atoms with E-state index in [-0.39, 0.29) is 17.7 Å². The third-order valence-electron chi connectivity index (χ3n) is 5.37. The van der Waals surface area contributed by atoms with Crippen molar-refractivity contribution in [2.24, 2.45) is 17.6 Å². The largest absolute Gasteiger partial charge is 0.341 e. The number of carbonyl (C=O) groups excluding carboxylic acids is 1. The Balaban J connectivity index is 1.82. The van der Waals surface area contributed by atoms with E-state index in [4.69, 9.17) is 5.73 Å². The highest BCUT2D eigenvalue weighted by Gasteiger charge is 2.38. The van der Waals surface area contributed by atoms with Crippen molar-refractivity contribution in [2.45, 2.75) is 25.7 Å². The van der Waals surface area contributed by atoms with Gasteiger partial charge in [0, 0.05) is 19.0 Å². The van der Waals surface area contributed by atoms with Crippen LogP contribution in [0.5, 0.6) is 0 Å². The number of amides is 1. The van der Waals surface area contributed by atoms with E-state index in [1.807, 2.05) is 29.2 Å². The molecule has 1 unspecified atom stereocenters. The van der Waals surface area contributed by atoms with Crippen LogP contribution in [0.15, 0.2) is 60.7 Å². The predicted octanol–water partition coefficient (Wildman–Crippen LogP) is 3.63. The van der Waals surface area contributed by atoms with Gasteiger partial charge in [0.05, 0.1) is 5.92 Å². The van der Waals surface area contributed by atoms with Crippen molar-refractivity contribution in [3.8, 4) is 0 Å². The van der Waals surface area contributed by atoms with Crippen molar-refractivity contribution < 1.29 is 4.79 Å². The minimum atomic E-state index is -0.0888. The maximum atomic E-state index is 13.3. The summed E-state index contributed by atoms with van der Waals surface area (Å²) in [5.41, 5.74) is 8.43. The summed E-state index contributed by atoms with van der Waals surface area (Å²) in [6, 6.07) is 20.6. The molecule has 2 aromatic rings. The molecule has 0 radical (unpaired) electrons. The summed E-state index contributed by atoms with van der Waals surface area (Å²) in [5, 5.41) is 0. The molecule has 132 valence electrons. The first kappa shape index (κ1) is 17.7. The standard InChI is InChI=1S/C22H28N2O/c1-16(2)21(18-11-7-4-8-12-18)22(25)24-14-19(13-23)20(15-24)17-9-5-3-6-10-17/h3-12,16,19-21H,13-15,23H2,1-2H3/t19-,20+,21?/m1/s1. The molecule has 2 N–H and O–H groups in total. The predicted molar refractivity (Wildman–Crippen MR) is 102 cm³/mol. The molecule has 1 aliphatic rings. The SMILES string of the molecule is CC(C)C(C(=O)N1C[C@@H](CN)[C@H](c2ccccc2)C1)c1ccccc1. The van der Waals surface area contributed by atoms with Crippen LogP contribution in [0.2, 0.25) is 0 Å². The van der Waals surface area contributed by atoms with E-state index in [0.717, 1.165) is 18.7 Å². The molecule has 0 saturated carbocycles. The summed E-state index contributed by atoms with van der Waals surface area (Å²) in [6.45, 7) is 6.38. The number of hydrogen-bond acceptors (Lipinski definition) is 2. The van der Waals surface area contributed by atoms with Crippen LogP contribution in [-0.2, 0) is 4.79 Å². The van der Waals surface area contributed by atoms with E-state index >= 15 is 0 Å². The number of nitrogens with two attached hydrogens (primary N) is 1. The third kappa shape index (κ3) is 3.77. The van der Waals surface area contributed by atoms with Gasteiger partial charge in [-0.15, -0.1) is 0 Å². The Morgan fingerprint density at radius 2 is 1.64 bits per heavy atom. The third-order valence-corrected chi connectivity index (χ3v) is 5.37. The summed E-state index contributed by atoms with van der Waals surface area (Å²) in [5.74, 6) is 1.07. The van der Waals surface area contributed by atoms with Gasteiger partial charge in [0.15, 0.2) is 0 Å². The van der Waals surface area contributed by atoms with E-state index in [9.17, 15) is 4.79 Å². The van der Waals surface area contributed by atoms with E-state index in [2.05, 4.69) is 50.2 Å². The molecule has 0 spiro atoms. The number of likely N-dealkylation sites (tertiary alicyclic amines) is 1. The Morgan fingerprint density at radius 3 is 2.20 bits per heavy atom. The minimum absolute atomic E-state index is 0.0888. The summed E-state index contributed by atoms with van der Waals surface area (Å²) in [7, 11) is 0. The first-order chi connectivity index (χ1) is 12.1. The van der Waals surface area contributed by atoms with E-state index in [1.165, 1.54) is 5.56 Å². The van der Waals surface area contributed by atoms with Crippen molar-refractivity contribution >= 4 is 5.91 Å². The van der Waals surface area contributed by atoms with E-state index < -0.39 is 0 Å². The van der Waals surface area contributed by atoms with Gasteiger partial charge in [0.1, 0.15) is 0 Å². The van der Waals surface area contributed by atoms with E-state index in [0.29, 0.717) is 18.4 Å². The normalized spacial score (nSPS) is 21.5. The van der Waals surface area contributed by atoms with Crippen LogP contribution in [0.1, 0.15) is 36.8 Å². The highest BCUT2D eigenvalue weighted by molar-refractivity contribution is 5.84. The fourth-order valence-electron chi connectivity index (χ4n) is 4.04. The van der Waals surface area contributed by atoms with Gasteiger partial charge in [-0.3, -0.25) is 4.79 Å². The Kier molecular flexibility index (Phi) is 5.54. The van der Waals surface area contributed by atoms with Crippen molar-refractivity contribution in [1.82, 2.24) is 4.90 Å². The minimum Gasteiger partial charge on any atom is -0.341 e. The molecule has 25 heavy (non-hydrogen) atoms. The monoisotopic (exact) mass is 336 g/mol. The molecule has 1 amide bonds. The molecule has 2 aromatic carbocycles. The Morgan fingerprint density at radius 1 is 1.04 bits per heavy atom. The van der Waals surface area contributed by atoms with Gasteiger partial charge in [0.25, 0.3) is 0 Å². The van der Waals surface area contributed by atoms with Gasteiger partial charge in [-0.05, 0) is 29.5 Å². The van der Waals surface area contributed by atoms with Gasteiger partial charge in [-0.2, -0.15) is 0 Å². The fraction of sp³-hybridized carbons (Fsp3) is 0.409. The average molecular weight is 336 g/mol. The summed E-state index contributed by atoms with van der Waals surface area (Å²) in [6.07, 6.45) is 0. The lowest BCUT2D eigenvalue weighted by atomic mass is 9.87. The van der Waals surface area contributed by atoms with Crippen molar-refractivity contribution in [2.75, 3.05) is 19.6 Å². The number of nitrogens with zero attached hydrogens (tertiary/aromatic N) is 1. The maximum Gasteiger partial charge on any atom is 0.230 e. The van der Waals surface area contributed by atoms with Crippen LogP contribution in [0.4, 0.5) is 0 Å². The summed E-state index contributed by atoms with van der Waals surface area (Å²) >= 11 is 0. The molecular formula is C22H28N2O. The zero-order valence-corrected chi connectivity index (χ0v) is 15.1. The number of hydrogen-bond donors (Lipinski definition) is 1. The summed E-state index contributed by atoms with van der Waals surface area (Å²) in [4.78, 5) is 15.3. The first-order valence-corrected chi connectivity index (χ1v) is 9.20. The lowest BCUT2D eigenvalue weighted by Gasteiger charge is -2.26. The zero-order valence-electron chi connectivity index (χ0n) is 15.1. The van der Waals surface area contributed by atoms with Crippen molar-refractivity contribution in [1.29, 1.82) is 0 Å². The van der Waals surface area contributed by atoms with Crippen LogP contribution in [0.3, 0.4) is 0 Å². The quantitative estimate of drug-likeness (QED) is 0.906.